The third-order valence-electron chi connectivity index (χ3n) is 1.60. The predicted octanol–water partition coefficient (Wildman–Crippen LogP) is -4.28. The molecule has 0 radical (unpaired) electrons. The second kappa shape index (κ2) is 3.93. The molecule has 0 saturated carbocycles. The molecule has 1 fully saturated rings. The van der Waals surface area contributed by atoms with Crippen LogP contribution in [0.15, 0.2) is 0 Å². The Labute approximate surface area is 93.5 Å². The average Bonchev–Trinajstić information content (AvgIpc) is 2.07. The van der Waals surface area contributed by atoms with Gasteiger partial charge in [0.1, 0.15) is 0 Å². The van der Waals surface area contributed by atoms with E-state index in [-0.39, 0.29) is 41.7 Å². The van der Waals surface area contributed by atoms with Gasteiger partial charge in [0, 0.05) is 0 Å². The van der Waals surface area contributed by atoms with Gasteiger partial charge in [-0.15, -0.1) is 0 Å². The van der Waals surface area contributed by atoms with Gasteiger partial charge in [0.15, 0.2) is 9.84 Å². The van der Waals surface area contributed by atoms with E-state index in [4.69, 9.17) is 0 Å². The van der Waals surface area contributed by atoms with Crippen LogP contribution in [-0.4, -0.2) is 38.1 Å². The van der Waals surface area contributed by atoms with Gasteiger partial charge in [0.05, 0.1) is 26.9 Å². The Bertz CT molecular complexity index is 342. The van der Waals surface area contributed by atoms with Gasteiger partial charge in [-0.2, -0.15) is 0 Å². The minimum Gasteiger partial charge on any atom is -0.748 e. The summed E-state index contributed by atoms with van der Waals surface area (Å²) in [5.41, 5.74) is 0. The maximum atomic E-state index is 10.7. The summed E-state index contributed by atoms with van der Waals surface area (Å²) in [6.45, 7) is 0. The number of rotatable bonds is 1. The first-order valence-electron chi connectivity index (χ1n) is 2.96. The Morgan fingerprint density at radius 1 is 1.33 bits per heavy atom. The Morgan fingerprint density at radius 2 is 1.83 bits per heavy atom. The molecule has 0 aromatic heterocycles. The van der Waals surface area contributed by atoms with Crippen molar-refractivity contribution in [1.82, 2.24) is 0 Å². The first kappa shape index (κ1) is 12.9. The Morgan fingerprint density at radius 3 is 2.00 bits per heavy atom. The van der Waals surface area contributed by atoms with Crippen LogP contribution in [0.1, 0.15) is 6.42 Å². The van der Waals surface area contributed by atoms with Crippen LogP contribution in [0.5, 0.6) is 0 Å². The molecule has 0 N–H and O–H groups in total. The van der Waals surface area contributed by atoms with Crippen molar-refractivity contribution in [2.75, 3.05) is 11.5 Å². The van der Waals surface area contributed by atoms with Crippen LogP contribution in [0, 0.1) is 0 Å². The van der Waals surface area contributed by atoms with Gasteiger partial charge in [-0.3, -0.25) is 0 Å². The van der Waals surface area contributed by atoms with Gasteiger partial charge in [-0.05, 0) is 6.42 Å². The van der Waals surface area contributed by atoms with Gasteiger partial charge in [-0.1, -0.05) is 0 Å². The monoisotopic (exact) mass is 222 g/mol. The van der Waals surface area contributed by atoms with Crippen molar-refractivity contribution >= 4 is 20.0 Å². The van der Waals surface area contributed by atoms with E-state index in [0.717, 1.165) is 0 Å². The van der Waals surface area contributed by atoms with E-state index in [0.29, 0.717) is 0 Å². The average molecular weight is 222 g/mol. The summed E-state index contributed by atoms with van der Waals surface area (Å²) >= 11 is 0. The van der Waals surface area contributed by atoms with Crippen molar-refractivity contribution in [1.29, 1.82) is 0 Å². The molecule has 1 aliphatic rings. The van der Waals surface area contributed by atoms with E-state index in [9.17, 15) is 21.4 Å². The Kier molecular flexibility index (Phi) is 4.21. The van der Waals surface area contributed by atoms with Crippen molar-refractivity contribution in [3.63, 3.8) is 0 Å². The molecule has 12 heavy (non-hydrogen) atoms. The van der Waals surface area contributed by atoms with E-state index in [2.05, 4.69) is 0 Å². The Balaban J connectivity index is 0.00000121. The standard InChI is InChI=1S/C4H8O5S2.Na/c5-10(6)2-1-4(3-10)11(7,8)9;/h4H,1-3H2,(H,7,8,9);/q;+1/p-1. The molecule has 1 heterocycles. The summed E-state index contributed by atoms with van der Waals surface area (Å²) in [7, 11) is -7.66. The molecule has 0 bridgehead atoms. The smallest absolute Gasteiger partial charge is 0.748 e. The first-order valence-corrected chi connectivity index (χ1v) is 6.26. The van der Waals surface area contributed by atoms with Crippen molar-refractivity contribution in [2.45, 2.75) is 11.7 Å². The molecule has 1 atom stereocenters. The zero-order chi connectivity index (χ0) is 8.70. The van der Waals surface area contributed by atoms with E-state index >= 15 is 0 Å². The van der Waals surface area contributed by atoms with Crippen LogP contribution in [0.4, 0.5) is 0 Å². The molecule has 8 heteroatoms. The zero-order valence-electron chi connectivity index (χ0n) is 6.56. The fraction of sp³-hybridized carbons (Fsp3) is 1.00. The molecule has 5 nitrogen and oxygen atoms in total. The molecule has 1 unspecified atom stereocenters. The molecule has 0 aromatic rings. The van der Waals surface area contributed by atoms with Crippen LogP contribution in [0.2, 0.25) is 0 Å². The van der Waals surface area contributed by atoms with Crippen LogP contribution >= 0.6 is 0 Å². The predicted molar refractivity (Wildman–Crippen MR) is 36.8 cm³/mol. The SMILES string of the molecule is O=S1(=O)CCC(S(=O)(=O)[O-])C1.[Na+]. The van der Waals surface area contributed by atoms with Crippen molar-refractivity contribution < 1.29 is 50.9 Å². The molecule has 0 spiro atoms. The van der Waals surface area contributed by atoms with Gasteiger partial charge < -0.3 is 4.55 Å². The first-order chi connectivity index (χ1) is 4.81. The van der Waals surface area contributed by atoms with E-state index in [1.165, 1.54) is 0 Å². The van der Waals surface area contributed by atoms with Crippen LogP contribution < -0.4 is 29.6 Å². The minimum atomic E-state index is -4.40. The largest absolute Gasteiger partial charge is 1.00 e. The molecule has 0 aromatic carbocycles. The van der Waals surface area contributed by atoms with E-state index in [1.807, 2.05) is 0 Å². The summed E-state index contributed by atoms with van der Waals surface area (Å²) in [6, 6.07) is 0. The van der Waals surface area contributed by atoms with Crippen molar-refractivity contribution in [2.24, 2.45) is 0 Å². The normalized spacial score (nSPS) is 27.9. The second-order valence-corrected chi connectivity index (χ2v) is 6.40. The molecule has 0 aliphatic carbocycles. The van der Waals surface area contributed by atoms with Crippen molar-refractivity contribution in [3.05, 3.63) is 0 Å². The van der Waals surface area contributed by atoms with E-state index < -0.39 is 31.0 Å². The van der Waals surface area contributed by atoms with Gasteiger partial charge >= 0.3 is 29.6 Å². The third kappa shape index (κ3) is 3.31. The molecule has 66 valence electrons. The maximum absolute atomic E-state index is 10.7. The second-order valence-electron chi connectivity index (χ2n) is 2.52. The Hall–Kier alpha value is 0.860. The quantitative estimate of drug-likeness (QED) is 0.331. The molecule has 1 saturated heterocycles. The molecule has 1 aliphatic heterocycles. The molecule has 0 amide bonds. The summed E-state index contributed by atoms with van der Waals surface area (Å²) in [6.07, 6.45) is -0.0475. The minimum absolute atomic E-state index is 0. The van der Waals surface area contributed by atoms with Crippen LogP contribution in [0.25, 0.3) is 0 Å². The molecular formula is C4H7NaO5S2. The summed E-state index contributed by atoms with van der Waals surface area (Å²) in [5.74, 6) is -0.683. The fourth-order valence-corrected chi connectivity index (χ4v) is 4.38. The number of sulfone groups is 1. The fourth-order valence-electron chi connectivity index (χ4n) is 0.989. The topological polar surface area (TPSA) is 91.3 Å². The molecule has 1 rings (SSSR count). The molecular weight excluding hydrogens is 215 g/mol. The van der Waals surface area contributed by atoms with Crippen molar-refractivity contribution in [3.8, 4) is 0 Å². The third-order valence-corrected chi connectivity index (χ3v) is 4.80. The van der Waals surface area contributed by atoms with Gasteiger partial charge in [0.25, 0.3) is 0 Å². The number of hydrogen-bond acceptors (Lipinski definition) is 5. The van der Waals surface area contributed by atoms with Gasteiger partial charge in [0.2, 0.25) is 0 Å². The summed E-state index contributed by atoms with van der Waals surface area (Å²) in [4.78, 5) is 0. The summed E-state index contributed by atoms with van der Waals surface area (Å²) < 4.78 is 52.3. The van der Waals surface area contributed by atoms with Gasteiger partial charge in [-0.25, -0.2) is 16.8 Å². The number of hydrogen-bond donors (Lipinski definition) is 0. The summed E-state index contributed by atoms with van der Waals surface area (Å²) in [5, 5.41) is -1.22. The zero-order valence-corrected chi connectivity index (χ0v) is 10.2. The maximum Gasteiger partial charge on any atom is 1.00 e. The van der Waals surface area contributed by atoms with Crippen LogP contribution in [0.3, 0.4) is 0 Å². The van der Waals surface area contributed by atoms with Crippen LogP contribution in [-0.2, 0) is 20.0 Å². The van der Waals surface area contributed by atoms with E-state index in [1.54, 1.807) is 0 Å².